The predicted molar refractivity (Wildman–Crippen MR) is 180 cm³/mol. The number of imide groups is 1. The average molecular weight is 643 g/mol. The van der Waals surface area contributed by atoms with E-state index in [1.54, 1.807) is 40.0 Å². The Kier molecular flexibility index (Phi) is 10.7. The highest BCUT2D eigenvalue weighted by Crippen LogP contribution is 2.33. The molecule has 248 valence electrons. The second-order valence-corrected chi connectivity index (χ2v) is 12.2. The van der Waals surface area contributed by atoms with Gasteiger partial charge in [0.15, 0.2) is 0 Å². The molecule has 4 rings (SSSR count). The van der Waals surface area contributed by atoms with E-state index in [0.717, 1.165) is 16.7 Å². The lowest BCUT2D eigenvalue weighted by Gasteiger charge is -2.27. The van der Waals surface area contributed by atoms with Crippen molar-refractivity contribution in [2.24, 2.45) is 4.99 Å². The van der Waals surface area contributed by atoms with Gasteiger partial charge in [-0.25, -0.2) is 9.59 Å². The minimum atomic E-state index is -0.833. The maximum Gasteiger partial charge on any atom is 0.411 e. The Bertz CT molecular complexity index is 1620. The monoisotopic (exact) mass is 642 g/mol. The minimum Gasteiger partial charge on any atom is -0.488 e. The molecule has 1 saturated heterocycles. The standard InChI is InChI=1S/C36H42N4O7/c1-8-25-26(9-2)33(42)39(32(25)41)18-12-17-29(38-6)31-27(15-11-16-28(31)37)22-13-10-14-23(19-22)46-24-20-30(34(43)45-7)40(21-24)35(44)47-36(3,4)5/h8-11,13-16,19,24,30H,1-2,12,17-18,20-21,37H2,3-7H3. The average Bonchev–Trinajstić information content (AvgIpc) is 3.55. The Morgan fingerprint density at radius 2 is 1.72 bits per heavy atom. The van der Waals surface area contributed by atoms with Crippen LogP contribution in [0, 0.1) is 0 Å². The first kappa shape index (κ1) is 34.7. The zero-order chi connectivity index (χ0) is 34.5. The number of ether oxygens (including phenoxy) is 3. The molecule has 2 atom stereocenters. The zero-order valence-corrected chi connectivity index (χ0v) is 27.6. The molecule has 2 aromatic rings. The van der Waals surface area contributed by atoms with E-state index in [1.165, 1.54) is 29.1 Å². The normalized spacial score (nSPS) is 18.4. The Hall–Kier alpha value is -5.19. The van der Waals surface area contributed by atoms with Gasteiger partial charge in [-0.15, -0.1) is 0 Å². The molecular weight excluding hydrogens is 600 g/mol. The number of rotatable bonds is 11. The molecule has 2 aliphatic heterocycles. The van der Waals surface area contributed by atoms with E-state index in [0.29, 0.717) is 30.0 Å². The number of carbonyl (C=O) groups is 4. The van der Waals surface area contributed by atoms with Crippen LogP contribution in [0.3, 0.4) is 0 Å². The van der Waals surface area contributed by atoms with Gasteiger partial charge in [0, 0.05) is 37.0 Å². The number of aliphatic imine (C=N–C) groups is 1. The van der Waals surface area contributed by atoms with E-state index >= 15 is 0 Å². The molecule has 47 heavy (non-hydrogen) atoms. The van der Waals surface area contributed by atoms with Crippen molar-refractivity contribution in [2.45, 2.75) is 57.8 Å². The zero-order valence-electron chi connectivity index (χ0n) is 27.6. The van der Waals surface area contributed by atoms with Crippen LogP contribution < -0.4 is 10.5 Å². The smallest absolute Gasteiger partial charge is 0.411 e. The maximum absolute atomic E-state index is 12.9. The fraction of sp³-hybridized carbons (Fsp3) is 0.361. The van der Waals surface area contributed by atoms with E-state index in [2.05, 4.69) is 18.2 Å². The van der Waals surface area contributed by atoms with Crippen molar-refractivity contribution < 1.29 is 33.4 Å². The molecule has 0 aliphatic carbocycles. The molecule has 3 amide bonds. The molecule has 0 spiro atoms. The summed E-state index contributed by atoms with van der Waals surface area (Å²) >= 11 is 0. The van der Waals surface area contributed by atoms with Crippen LogP contribution in [0.2, 0.25) is 0 Å². The summed E-state index contributed by atoms with van der Waals surface area (Å²) in [6.45, 7) is 12.9. The summed E-state index contributed by atoms with van der Waals surface area (Å²) < 4.78 is 16.8. The molecule has 2 aliphatic rings. The minimum absolute atomic E-state index is 0.148. The quantitative estimate of drug-likeness (QED) is 0.155. The number of hydrogen-bond acceptors (Lipinski definition) is 9. The second kappa shape index (κ2) is 14.5. The molecule has 2 heterocycles. The fourth-order valence-corrected chi connectivity index (χ4v) is 5.79. The Labute approximate surface area is 275 Å². The van der Waals surface area contributed by atoms with Crippen LogP contribution in [0.4, 0.5) is 10.5 Å². The highest BCUT2D eigenvalue weighted by molar-refractivity contribution is 6.22. The summed E-state index contributed by atoms with van der Waals surface area (Å²) in [6.07, 6.45) is 2.83. The van der Waals surface area contributed by atoms with Crippen LogP contribution in [0.1, 0.15) is 45.6 Å². The first-order valence-electron chi connectivity index (χ1n) is 15.4. The molecule has 2 aromatic carbocycles. The van der Waals surface area contributed by atoms with Gasteiger partial charge < -0.3 is 19.9 Å². The Morgan fingerprint density at radius 3 is 2.32 bits per heavy atom. The maximum atomic E-state index is 12.9. The summed E-state index contributed by atoms with van der Waals surface area (Å²) in [6, 6.07) is 12.2. The van der Waals surface area contributed by atoms with Gasteiger partial charge >= 0.3 is 12.1 Å². The fourth-order valence-electron chi connectivity index (χ4n) is 5.79. The predicted octanol–water partition coefficient (Wildman–Crippen LogP) is 5.10. The summed E-state index contributed by atoms with van der Waals surface area (Å²) in [4.78, 5) is 58.1. The number of likely N-dealkylation sites (tertiary alicyclic amines) is 1. The van der Waals surface area contributed by atoms with Crippen molar-refractivity contribution >= 4 is 35.3 Å². The molecular formula is C36H42N4O7. The van der Waals surface area contributed by atoms with Crippen molar-refractivity contribution in [3.63, 3.8) is 0 Å². The number of nitrogens with zero attached hydrogens (tertiary/aromatic N) is 3. The third-order valence-electron chi connectivity index (χ3n) is 7.91. The molecule has 1 fully saturated rings. The number of anilines is 1. The van der Waals surface area contributed by atoms with Crippen molar-refractivity contribution in [3.05, 3.63) is 84.5 Å². The number of benzene rings is 2. The number of nitrogen functional groups attached to an aromatic ring is 1. The third-order valence-corrected chi connectivity index (χ3v) is 7.91. The van der Waals surface area contributed by atoms with Gasteiger partial charge in [0.25, 0.3) is 11.8 Å². The molecule has 0 bridgehead atoms. The summed E-state index contributed by atoms with van der Waals surface area (Å²) in [7, 11) is 2.96. The number of esters is 1. The molecule has 2 N–H and O–H groups in total. The number of hydrogen-bond donors (Lipinski definition) is 1. The lowest BCUT2D eigenvalue weighted by atomic mass is 9.93. The van der Waals surface area contributed by atoms with Crippen LogP contribution in [-0.2, 0) is 23.9 Å². The molecule has 11 nitrogen and oxygen atoms in total. The van der Waals surface area contributed by atoms with E-state index in [9.17, 15) is 19.2 Å². The third kappa shape index (κ3) is 7.62. The number of carbonyl (C=O) groups excluding carboxylic acids is 4. The second-order valence-electron chi connectivity index (χ2n) is 12.2. The van der Waals surface area contributed by atoms with Crippen molar-refractivity contribution in [1.29, 1.82) is 0 Å². The first-order valence-corrected chi connectivity index (χ1v) is 15.4. The van der Waals surface area contributed by atoms with Crippen LogP contribution in [-0.4, -0.2) is 84.4 Å². The van der Waals surface area contributed by atoms with E-state index in [4.69, 9.17) is 19.9 Å². The van der Waals surface area contributed by atoms with Gasteiger partial charge in [-0.3, -0.25) is 24.4 Å². The van der Waals surface area contributed by atoms with Crippen LogP contribution in [0.5, 0.6) is 5.75 Å². The van der Waals surface area contributed by atoms with Gasteiger partial charge in [-0.2, -0.15) is 0 Å². The lowest BCUT2D eigenvalue weighted by Crippen LogP contribution is -2.44. The molecule has 2 unspecified atom stereocenters. The lowest BCUT2D eigenvalue weighted by molar-refractivity contribution is -0.145. The molecule has 0 radical (unpaired) electrons. The largest absolute Gasteiger partial charge is 0.488 e. The van der Waals surface area contributed by atoms with Crippen molar-refractivity contribution in [1.82, 2.24) is 9.80 Å². The van der Waals surface area contributed by atoms with Gasteiger partial charge in [-0.05, 0) is 62.9 Å². The van der Waals surface area contributed by atoms with Crippen molar-refractivity contribution in [3.8, 4) is 16.9 Å². The Morgan fingerprint density at radius 1 is 1.06 bits per heavy atom. The van der Waals surface area contributed by atoms with Gasteiger partial charge in [0.2, 0.25) is 0 Å². The van der Waals surface area contributed by atoms with Gasteiger partial charge in [-0.1, -0.05) is 49.6 Å². The Balaban J connectivity index is 1.52. The number of amides is 3. The van der Waals surface area contributed by atoms with Gasteiger partial charge in [0.1, 0.15) is 23.5 Å². The highest BCUT2D eigenvalue weighted by atomic mass is 16.6. The molecule has 0 aromatic heterocycles. The van der Waals surface area contributed by atoms with Crippen LogP contribution in [0.15, 0.2) is 83.9 Å². The summed E-state index contributed by atoms with van der Waals surface area (Å²) in [5, 5.41) is 0. The first-order chi connectivity index (χ1) is 22.3. The topological polar surface area (TPSA) is 141 Å². The van der Waals surface area contributed by atoms with Crippen LogP contribution in [0.25, 0.3) is 11.1 Å². The van der Waals surface area contributed by atoms with E-state index in [1.807, 2.05) is 30.3 Å². The SMILES string of the molecule is C=CC1=C(C=C)C(=O)N(CCCC(=NC)c2c(N)cccc2-c2cccc(OC3CC(C(=O)OC)N(C(=O)OC(C)(C)C)C3)c2)C1=O. The summed E-state index contributed by atoms with van der Waals surface area (Å²) in [5.74, 6) is -0.773. The number of methoxy groups -OCH3 is 1. The van der Waals surface area contributed by atoms with Crippen LogP contribution >= 0.6 is 0 Å². The molecule has 11 heteroatoms. The van der Waals surface area contributed by atoms with E-state index < -0.39 is 29.8 Å². The molecule has 0 saturated carbocycles. The number of nitrogens with two attached hydrogens (primary N) is 1. The highest BCUT2D eigenvalue weighted by Gasteiger charge is 2.43. The van der Waals surface area contributed by atoms with E-state index in [-0.39, 0.29) is 42.5 Å². The van der Waals surface area contributed by atoms with Crippen molar-refractivity contribution in [2.75, 3.05) is 33.0 Å². The van der Waals surface area contributed by atoms with Gasteiger partial charge in [0.05, 0.1) is 24.8 Å². The summed E-state index contributed by atoms with van der Waals surface area (Å²) in [5.41, 5.74) is 9.90.